The molecule has 1 atom stereocenters. The summed E-state index contributed by atoms with van der Waals surface area (Å²) in [6, 6.07) is 12.1. The number of amides is 2. The number of hydrogen-bond acceptors (Lipinski definition) is 5. The molecule has 0 radical (unpaired) electrons. The van der Waals surface area contributed by atoms with E-state index in [1.54, 1.807) is 11.3 Å². The quantitative estimate of drug-likeness (QED) is 0.546. The molecule has 3 aliphatic rings. The lowest BCUT2D eigenvalue weighted by Gasteiger charge is -2.36. The summed E-state index contributed by atoms with van der Waals surface area (Å²) in [6.45, 7) is 3.65. The molecule has 2 aromatic heterocycles. The predicted molar refractivity (Wildman–Crippen MR) is 138 cm³/mol. The number of carbonyl (C=O) groups excluding carboxylic acids is 2. The molecule has 2 fully saturated rings. The van der Waals surface area contributed by atoms with Crippen LogP contribution in [0.2, 0.25) is 0 Å². The van der Waals surface area contributed by atoms with Gasteiger partial charge in [-0.2, -0.15) is 0 Å². The van der Waals surface area contributed by atoms with Crippen molar-refractivity contribution in [2.24, 2.45) is 5.92 Å². The highest BCUT2D eigenvalue weighted by Gasteiger charge is 2.35. The van der Waals surface area contributed by atoms with Crippen molar-refractivity contribution in [3.05, 3.63) is 63.5 Å². The molecular weight excluding hydrogens is 458 g/mol. The topological polar surface area (TPSA) is 62.7 Å². The molecule has 2 saturated heterocycles. The molecule has 1 aromatic carbocycles. The monoisotopic (exact) mass is 487 g/mol. The number of pyridine rings is 1. The molecule has 2 aliphatic heterocycles. The van der Waals surface area contributed by atoms with Crippen LogP contribution in [0.1, 0.15) is 45.8 Å². The number of piperidine rings is 1. The Labute approximate surface area is 209 Å². The molecule has 4 heterocycles. The van der Waals surface area contributed by atoms with E-state index in [2.05, 4.69) is 23.6 Å². The molecule has 180 valence electrons. The highest BCUT2D eigenvalue weighted by molar-refractivity contribution is 7.10. The van der Waals surface area contributed by atoms with Gasteiger partial charge in [0.2, 0.25) is 5.91 Å². The van der Waals surface area contributed by atoms with Gasteiger partial charge in [0.1, 0.15) is 0 Å². The number of rotatable bonds is 3. The van der Waals surface area contributed by atoms with E-state index < -0.39 is 0 Å². The van der Waals surface area contributed by atoms with Gasteiger partial charge >= 0.3 is 0 Å². The Hall–Kier alpha value is -3.03. The zero-order valence-electron chi connectivity index (χ0n) is 19.7. The van der Waals surface area contributed by atoms with E-state index in [9.17, 15) is 9.59 Å². The largest absolute Gasteiger partial charge is 0.378 e. The second kappa shape index (κ2) is 9.55. The van der Waals surface area contributed by atoms with Crippen molar-refractivity contribution in [1.82, 2.24) is 14.8 Å². The van der Waals surface area contributed by atoms with Crippen molar-refractivity contribution in [2.45, 2.75) is 25.7 Å². The number of carbonyl (C=O) groups is 2. The third-order valence-corrected chi connectivity index (χ3v) is 8.22. The minimum absolute atomic E-state index is 0.0386. The zero-order valence-corrected chi connectivity index (χ0v) is 20.6. The Balaban J connectivity index is 1.34. The van der Waals surface area contributed by atoms with Crippen LogP contribution in [0.3, 0.4) is 0 Å². The summed E-state index contributed by atoms with van der Waals surface area (Å²) >= 11 is 1.71. The molecule has 1 aliphatic carbocycles. The maximum Gasteiger partial charge on any atom is 0.254 e. The van der Waals surface area contributed by atoms with Gasteiger partial charge < -0.3 is 14.5 Å². The number of hydrogen-bond donors (Lipinski definition) is 0. The number of allylic oxidation sites excluding steroid dienone is 1. The standard InChI is InChI=1S/C28H29N3O3S/c32-27(30-12-14-34-15-13-30)20-5-3-11-31(18-20)28(33)25-22-7-1-2-8-24(22)29-26-19(9-10-23(25)26)17-21-6-4-16-35-21/h1-2,4,6-8,16-17,20H,3,5,9-15,18H2/b19-17+. The van der Waals surface area contributed by atoms with Gasteiger partial charge in [-0.15, -0.1) is 11.3 Å². The summed E-state index contributed by atoms with van der Waals surface area (Å²) in [5, 5.41) is 2.99. The van der Waals surface area contributed by atoms with Crippen LogP contribution in [0.15, 0.2) is 41.8 Å². The first-order valence-electron chi connectivity index (χ1n) is 12.5. The zero-order chi connectivity index (χ0) is 23.8. The molecule has 3 aromatic rings. The number of benzene rings is 1. The van der Waals surface area contributed by atoms with Crippen LogP contribution in [-0.4, -0.2) is 66.0 Å². The summed E-state index contributed by atoms with van der Waals surface area (Å²) in [7, 11) is 0. The first-order chi connectivity index (χ1) is 17.2. The van der Waals surface area contributed by atoms with Crippen LogP contribution in [0.5, 0.6) is 0 Å². The first kappa shape index (κ1) is 22.4. The van der Waals surface area contributed by atoms with Gasteiger partial charge in [-0.3, -0.25) is 9.59 Å². The SMILES string of the molecule is O=C(c1c2c(nc3ccccc13)/C(=C/c1cccs1)CC2)N1CCCC(C(=O)N2CCOCC2)C1. The predicted octanol–water partition coefficient (Wildman–Crippen LogP) is 4.49. The number of ether oxygens (including phenoxy) is 1. The van der Waals surface area contributed by atoms with Crippen molar-refractivity contribution in [2.75, 3.05) is 39.4 Å². The van der Waals surface area contributed by atoms with E-state index in [-0.39, 0.29) is 17.7 Å². The molecule has 1 unspecified atom stereocenters. The molecule has 0 N–H and O–H groups in total. The number of aromatic nitrogens is 1. The fourth-order valence-corrected chi connectivity index (χ4v) is 6.31. The van der Waals surface area contributed by atoms with Gasteiger partial charge in [-0.05, 0) is 60.4 Å². The molecule has 2 amide bonds. The lowest BCUT2D eigenvalue weighted by atomic mass is 9.94. The third-order valence-electron chi connectivity index (χ3n) is 7.40. The lowest BCUT2D eigenvalue weighted by Crippen LogP contribution is -2.49. The van der Waals surface area contributed by atoms with Crippen molar-refractivity contribution in [3.63, 3.8) is 0 Å². The van der Waals surface area contributed by atoms with Crippen LogP contribution < -0.4 is 0 Å². The van der Waals surface area contributed by atoms with Gasteiger partial charge in [-0.1, -0.05) is 24.3 Å². The van der Waals surface area contributed by atoms with Gasteiger partial charge in [0.05, 0.1) is 35.9 Å². The smallest absolute Gasteiger partial charge is 0.254 e. The Kier molecular flexibility index (Phi) is 6.12. The maximum absolute atomic E-state index is 14.1. The molecule has 0 spiro atoms. The van der Waals surface area contributed by atoms with Gasteiger partial charge in [-0.25, -0.2) is 4.98 Å². The van der Waals surface area contributed by atoms with E-state index in [0.717, 1.165) is 53.4 Å². The molecule has 6 nitrogen and oxygen atoms in total. The van der Waals surface area contributed by atoms with Crippen molar-refractivity contribution in [1.29, 1.82) is 0 Å². The van der Waals surface area contributed by atoms with Crippen molar-refractivity contribution >= 4 is 45.7 Å². The van der Waals surface area contributed by atoms with Crippen LogP contribution in [-0.2, 0) is 16.0 Å². The fraction of sp³-hybridized carbons (Fsp3) is 0.393. The van der Waals surface area contributed by atoms with Gasteiger partial charge in [0.25, 0.3) is 5.91 Å². The number of morpholine rings is 1. The maximum atomic E-state index is 14.1. The van der Waals surface area contributed by atoms with E-state index in [0.29, 0.717) is 39.4 Å². The highest BCUT2D eigenvalue weighted by atomic mass is 32.1. The molecule has 6 rings (SSSR count). The molecule has 35 heavy (non-hydrogen) atoms. The van der Waals surface area contributed by atoms with Crippen molar-refractivity contribution < 1.29 is 14.3 Å². The molecule has 0 saturated carbocycles. The second-order valence-electron chi connectivity index (χ2n) is 9.54. The molecular formula is C28H29N3O3S. The van der Waals surface area contributed by atoms with E-state index in [1.165, 1.54) is 10.5 Å². The number of likely N-dealkylation sites (tertiary alicyclic amines) is 1. The second-order valence-corrected chi connectivity index (χ2v) is 10.5. The number of thiophene rings is 1. The highest BCUT2D eigenvalue weighted by Crippen LogP contribution is 2.38. The van der Waals surface area contributed by atoms with Crippen LogP contribution in [0, 0.1) is 5.92 Å². The van der Waals surface area contributed by atoms with Crippen LogP contribution in [0.4, 0.5) is 0 Å². The first-order valence-corrected chi connectivity index (χ1v) is 13.4. The Morgan fingerprint density at radius 1 is 1.03 bits per heavy atom. The summed E-state index contributed by atoms with van der Waals surface area (Å²) in [6.07, 6.45) is 5.60. The fourth-order valence-electron chi connectivity index (χ4n) is 5.63. The van der Waals surface area contributed by atoms with E-state index in [4.69, 9.17) is 9.72 Å². The summed E-state index contributed by atoms with van der Waals surface area (Å²) in [5.74, 6) is 0.0646. The van der Waals surface area contributed by atoms with Crippen LogP contribution in [0.25, 0.3) is 22.6 Å². The van der Waals surface area contributed by atoms with Gasteiger partial charge in [0.15, 0.2) is 0 Å². The summed E-state index contributed by atoms with van der Waals surface area (Å²) in [5.41, 5.74) is 4.84. The van der Waals surface area contributed by atoms with Crippen molar-refractivity contribution in [3.8, 4) is 0 Å². The van der Waals surface area contributed by atoms with E-state index in [1.807, 2.05) is 34.1 Å². The average molecular weight is 488 g/mol. The van der Waals surface area contributed by atoms with Gasteiger partial charge in [0, 0.05) is 36.4 Å². The third kappa shape index (κ3) is 4.28. The minimum Gasteiger partial charge on any atom is -0.378 e. The summed E-state index contributed by atoms with van der Waals surface area (Å²) in [4.78, 5) is 37.3. The Morgan fingerprint density at radius 3 is 2.71 bits per heavy atom. The number of para-hydroxylation sites is 1. The lowest BCUT2D eigenvalue weighted by molar-refractivity contribution is -0.141. The average Bonchev–Trinajstić information content (AvgIpc) is 3.57. The molecule has 0 bridgehead atoms. The number of nitrogens with zero attached hydrogens (tertiary/aromatic N) is 3. The minimum atomic E-state index is -0.138. The Morgan fingerprint density at radius 2 is 1.89 bits per heavy atom. The summed E-state index contributed by atoms with van der Waals surface area (Å²) < 4.78 is 5.41. The number of fused-ring (bicyclic) bond motifs is 2. The van der Waals surface area contributed by atoms with Crippen LogP contribution >= 0.6 is 11.3 Å². The van der Waals surface area contributed by atoms with E-state index >= 15 is 0 Å². The molecule has 7 heteroatoms. The Bertz CT molecular complexity index is 1290. The normalized spacial score (nSPS) is 21.5.